The third-order valence-electron chi connectivity index (χ3n) is 6.33. The predicted molar refractivity (Wildman–Crippen MR) is 137 cm³/mol. The molecule has 2 amide bonds. The Bertz CT molecular complexity index is 1140. The van der Waals surface area contributed by atoms with E-state index in [1.165, 1.54) is 10.4 Å². The fraction of sp³-hybridized carbons (Fsp3) is 0.357. The van der Waals surface area contributed by atoms with Crippen LogP contribution in [0.5, 0.6) is 5.75 Å². The van der Waals surface area contributed by atoms with Crippen LogP contribution in [-0.4, -0.2) is 47.9 Å². The van der Waals surface area contributed by atoms with Crippen LogP contribution in [0.15, 0.2) is 60.0 Å². The number of ether oxygens (including phenoxy) is 1. The molecular weight excluding hydrogens is 444 g/mol. The predicted octanol–water partition coefficient (Wildman–Crippen LogP) is 5.42. The summed E-state index contributed by atoms with van der Waals surface area (Å²) in [5.74, 6) is 0.668. The van der Waals surface area contributed by atoms with E-state index in [0.29, 0.717) is 25.3 Å². The van der Waals surface area contributed by atoms with Crippen molar-refractivity contribution in [2.45, 2.75) is 39.7 Å². The van der Waals surface area contributed by atoms with E-state index in [1.54, 1.807) is 16.2 Å². The SMILES string of the molecule is CCCN(CC(=O)N1CCc2sccc2C1COc1ccc(C)cc1)C(=O)c1ccccc1C. The molecule has 0 saturated heterocycles. The average Bonchev–Trinajstić information content (AvgIpc) is 3.32. The first-order valence-electron chi connectivity index (χ1n) is 11.9. The molecule has 6 heteroatoms. The molecule has 1 aliphatic rings. The summed E-state index contributed by atoms with van der Waals surface area (Å²) in [6.07, 6.45) is 1.62. The highest BCUT2D eigenvalue weighted by Gasteiger charge is 2.33. The van der Waals surface area contributed by atoms with Crippen LogP contribution in [-0.2, 0) is 11.2 Å². The van der Waals surface area contributed by atoms with Gasteiger partial charge in [-0.05, 0) is 67.5 Å². The van der Waals surface area contributed by atoms with E-state index < -0.39 is 0 Å². The van der Waals surface area contributed by atoms with Gasteiger partial charge in [0.2, 0.25) is 5.91 Å². The summed E-state index contributed by atoms with van der Waals surface area (Å²) in [6, 6.07) is 17.5. The topological polar surface area (TPSA) is 49.9 Å². The number of rotatable bonds is 8. The standard InChI is InChI=1S/C28H32N2O3S/c1-4-15-29(28(32)23-8-6-5-7-21(23)3)18-27(31)30-16-13-26-24(14-17-34-26)25(30)19-33-22-11-9-20(2)10-12-22/h5-12,14,17,25H,4,13,15-16,18-19H2,1-3H3. The summed E-state index contributed by atoms with van der Waals surface area (Å²) in [4.78, 5) is 31.8. The monoisotopic (exact) mass is 476 g/mol. The van der Waals surface area contributed by atoms with Gasteiger partial charge in [-0.15, -0.1) is 11.3 Å². The van der Waals surface area contributed by atoms with E-state index in [-0.39, 0.29) is 24.4 Å². The zero-order valence-electron chi connectivity index (χ0n) is 20.1. The summed E-state index contributed by atoms with van der Waals surface area (Å²) in [5.41, 5.74) is 3.91. The van der Waals surface area contributed by atoms with Crippen LogP contribution in [0.4, 0.5) is 0 Å². The molecule has 0 radical (unpaired) electrons. The van der Waals surface area contributed by atoms with E-state index in [0.717, 1.165) is 29.7 Å². The Morgan fingerprint density at radius 3 is 2.59 bits per heavy atom. The summed E-state index contributed by atoms with van der Waals surface area (Å²) in [5, 5.41) is 2.09. The van der Waals surface area contributed by atoms with Crippen molar-refractivity contribution < 1.29 is 14.3 Å². The van der Waals surface area contributed by atoms with E-state index in [4.69, 9.17) is 4.74 Å². The number of amides is 2. The highest BCUT2D eigenvalue weighted by atomic mass is 32.1. The smallest absolute Gasteiger partial charge is 0.254 e. The lowest BCUT2D eigenvalue weighted by molar-refractivity contribution is -0.135. The lowest BCUT2D eigenvalue weighted by Crippen LogP contribution is -2.48. The molecule has 1 atom stereocenters. The van der Waals surface area contributed by atoms with Crippen molar-refractivity contribution in [3.05, 3.63) is 87.1 Å². The molecule has 2 aromatic carbocycles. The average molecular weight is 477 g/mol. The number of carbonyl (C=O) groups is 2. The molecule has 178 valence electrons. The van der Waals surface area contributed by atoms with Gasteiger partial charge in [0.15, 0.2) is 0 Å². The summed E-state index contributed by atoms with van der Waals surface area (Å²) in [6.45, 7) is 7.64. The zero-order chi connectivity index (χ0) is 24.1. The van der Waals surface area contributed by atoms with Crippen LogP contribution < -0.4 is 4.74 Å². The zero-order valence-corrected chi connectivity index (χ0v) is 20.9. The molecule has 1 aromatic heterocycles. The van der Waals surface area contributed by atoms with E-state index in [2.05, 4.69) is 11.4 Å². The fourth-order valence-corrected chi connectivity index (χ4v) is 5.37. The van der Waals surface area contributed by atoms with Crippen LogP contribution in [0.3, 0.4) is 0 Å². The number of thiophene rings is 1. The molecule has 0 saturated carbocycles. The molecule has 0 aliphatic carbocycles. The summed E-state index contributed by atoms with van der Waals surface area (Å²) in [7, 11) is 0. The highest BCUT2D eigenvalue weighted by Crippen LogP contribution is 2.34. The van der Waals surface area contributed by atoms with Crippen molar-refractivity contribution in [1.82, 2.24) is 9.80 Å². The van der Waals surface area contributed by atoms with Gasteiger partial charge in [0.1, 0.15) is 18.9 Å². The van der Waals surface area contributed by atoms with Gasteiger partial charge in [0, 0.05) is 23.5 Å². The van der Waals surface area contributed by atoms with Crippen molar-refractivity contribution in [1.29, 1.82) is 0 Å². The van der Waals surface area contributed by atoms with Crippen LogP contribution in [0.25, 0.3) is 0 Å². The minimum Gasteiger partial charge on any atom is -0.491 e. The molecular formula is C28H32N2O3S. The quantitative estimate of drug-likeness (QED) is 0.436. The lowest BCUT2D eigenvalue weighted by atomic mass is 10.00. The molecule has 34 heavy (non-hydrogen) atoms. The van der Waals surface area contributed by atoms with Crippen LogP contribution in [0.2, 0.25) is 0 Å². The number of fused-ring (bicyclic) bond motifs is 1. The molecule has 1 aliphatic heterocycles. The summed E-state index contributed by atoms with van der Waals surface area (Å²) < 4.78 is 6.12. The molecule has 0 spiro atoms. The van der Waals surface area contributed by atoms with Gasteiger partial charge >= 0.3 is 0 Å². The van der Waals surface area contributed by atoms with Crippen molar-refractivity contribution in [3.63, 3.8) is 0 Å². The fourth-order valence-electron chi connectivity index (χ4n) is 4.44. The third kappa shape index (κ3) is 5.33. The summed E-state index contributed by atoms with van der Waals surface area (Å²) >= 11 is 1.73. The Kier molecular flexibility index (Phi) is 7.68. The Morgan fingerprint density at radius 1 is 1.09 bits per heavy atom. The maximum Gasteiger partial charge on any atom is 0.254 e. The van der Waals surface area contributed by atoms with Gasteiger partial charge in [-0.2, -0.15) is 0 Å². The molecule has 1 unspecified atom stereocenters. The van der Waals surface area contributed by atoms with E-state index in [9.17, 15) is 9.59 Å². The number of hydrogen-bond donors (Lipinski definition) is 0. The molecule has 3 aromatic rings. The highest BCUT2D eigenvalue weighted by molar-refractivity contribution is 7.10. The number of aryl methyl sites for hydroxylation is 2. The Morgan fingerprint density at radius 2 is 1.85 bits per heavy atom. The minimum atomic E-state index is -0.166. The van der Waals surface area contributed by atoms with Crippen molar-refractivity contribution in [2.24, 2.45) is 0 Å². The first-order chi connectivity index (χ1) is 16.5. The third-order valence-corrected chi connectivity index (χ3v) is 7.32. The van der Waals surface area contributed by atoms with Gasteiger partial charge in [0.05, 0.1) is 6.04 Å². The first kappa shape index (κ1) is 24.0. The Labute approximate surface area is 206 Å². The van der Waals surface area contributed by atoms with Gasteiger partial charge in [-0.1, -0.05) is 42.8 Å². The normalized spacial score (nSPS) is 15.0. The van der Waals surface area contributed by atoms with E-state index in [1.807, 2.05) is 74.2 Å². The second kappa shape index (κ2) is 10.9. The molecule has 5 nitrogen and oxygen atoms in total. The van der Waals surface area contributed by atoms with Crippen molar-refractivity contribution in [2.75, 3.05) is 26.2 Å². The van der Waals surface area contributed by atoms with Gasteiger partial charge < -0.3 is 14.5 Å². The number of hydrogen-bond acceptors (Lipinski definition) is 4. The number of benzene rings is 2. The largest absolute Gasteiger partial charge is 0.491 e. The molecule has 2 heterocycles. The maximum absolute atomic E-state index is 13.6. The Hall–Kier alpha value is -3.12. The number of nitrogens with zero attached hydrogens (tertiary/aromatic N) is 2. The second-order valence-electron chi connectivity index (χ2n) is 8.82. The van der Waals surface area contributed by atoms with Gasteiger partial charge in [0.25, 0.3) is 5.91 Å². The van der Waals surface area contributed by atoms with Crippen LogP contribution in [0, 0.1) is 13.8 Å². The van der Waals surface area contributed by atoms with Crippen molar-refractivity contribution in [3.8, 4) is 5.75 Å². The van der Waals surface area contributed by atoms with Gasteiger partial charge in [-0.25, -0.2) is 0 Å². The van der Waals surface area contributed by atoms with Crippen LogP contribution in [0.1, 0.15) is 51.3 Å². The minimum absolute atomic E-state index is 0.0373. The molecule has 0 bridgehead atoms. The first-order valence-corrected chi connectivity index (χ1v) is 12.8. The molecule has 0 N–H and O–H groups in total. The van der Waals surface area contributed by atoms with E-state index >= 15 is 0 Å². The maximum atomic E-state index is 13.6. The lowest BCUT2D eigenvalue weighted by Gasteiger charge is -2.37. The second-order valence-corrected chi connectivity index (χ2v) is 9.82. The number of carbonyl (C=O) groups excluding carboxylic acids is 2. The Balaban J connectivity index is 1.52. The molecule has 4 rings (SSSR count). The molecule has 0 fully saturated rings. The van der Waals surface area contributed by atoms with Crippen LogP contribution >= 0.6 is 11.3 Å². The van der Waals surface area contributed by atoms with Crippen molar-refractivity contribution >= 4 is 23.2 Å². The van der Waals surface area contributed by atoms with Gasteiger partial charge in [-0.3, -0.25) is 9.59 Å².